The summed E-state index contributed by atoms with van der Waals surface area (Å²) in [6, 6.07) is 5.44. The summed E-state index contributed by atoms with van der Waals surface area (Å²) in [5.74, 6) is -0.212. The molecule has 124 valence electrons. The van der Waals surface area contributed by atoms with Crippen LogP contribution in [0.3, 0.4) is 0 Å². The molecule has 6 nitrogen and oxygen atoms in total. The minimum absolute atomic E-state index is 0.0190. The molecule has 2 rings (SSSR count). The van der Waals surface area contributed by atoms with Crippen LogP contribution in [0.5, 0.6) is 0 Å². The Morgan fingerprint density at radius 3 is 2.57 bits per heavy atom. The summed E-state index contributed by atoms with van der Waals surface area (Å²) in [4.78, 5) is 36.4. The van der Waals surface area contributed by atoms with Crippen LogP contribution in [0.15, 0.2) is 18.2 Å². The van der Waals surface area contributed by atoms with E-state index in [1.165, 1.54) is 4.90 Å². The fraction of sp³-hybridized carbons (Fsp3) is 0.471. The van der Waals surface area contributed by atoms with E-state index in [0.29, 0.717) is 12.2 Å². The zero-order valence-electron chi connectivity index (χ0n) is 13.9. The first-order chi connectivity index (χ1) is 10.6. The van der Waals surface area contributed by atoms with Gasteiger partial charge in [0.1, 0.15) is 5.60 Å². The molecule has 1 aliphatic rings. The van der Waals surface area contributed by atoms with Crippen LogP contribution in [-0.2, 0) is 20.9 Å². The molecular formula is C17H22N2O4. The molecule has 0 spiro atoms. The number of carbonyl (C=O) groups excluding carboxylic acids is 3. The molecule has 1 saturated heterocycles. The van der Waals surface area contributed by atoms with Gasteiger partial charge >= 0.3 is 6.09 Å². The third-order valence-electron chi connectivity index (χ3n) is 3.42. The van der Waals surface area contributed by atoms with Crippen molar-refractivity contribution in [2.45, 2.75) is 46.3 Å². The molecule has 1 aromatic carbocycles. The van der Waals surface area contributed by atoms with Crippen molar-refractivity contribution in [3.05, 3.63) is 29.3 Å². The first kappa shape index (κ1) is 17.0. The Labute approximate surface area is 135 Å². The van der Waals surface area contributed by atoms with Gasteiger partial charge in [0, 0.05) is 12.2 Å². The second kappa shape index (κ2) is 6.40. The lowest BCUT2D eigenvalue weighted by Gasteiger charge is -2.20. The first-order valence-corrected chi connectivity index (χ1v) is 7.53. The summed E-state index contributed by atoms with van der Waals surface area (Å²) >= 11 is 0. The Balaban J connectivity index is 2.08. The Morgan fingerprint density at radius 1 is 1.30 bits per heavy atom. The highest BCUT2D eigenvalue weighted by molar-refractivity contribution is 6.05. The van der Waals surface area contributed by atoms with Gasteiger partial charge in [0.15, 0.2) is 5.78 Å². The maximum atomic E-state index is 11.8. The van der Waals surface area contributed by atoms with Crippen molar-refractivity contribution in [1.29, 1.82) is 0 Å². The van der Waals surface area contributed by atoms with E-state index in [0.717, 1.165) is 11.1 Å². The normalized spacial score (nSPS) is 15.0. The van der Waals surface area contributed by atoms with Crippen LogP contribution < -0.4 is 5.32 Å². The number of aryl methyl sites for hydroxylation is 1. The predicted molar refractivity (Wildman–Crippen MR) is 86.1 cm³/mol. The zero-order valence-corrected chi connectivity index (χ0v) is 13.9. The van der Waals surface area contributed by atoms with Gasteiger partial charge in [-0.15, -0.1) is 0 Å². The van der Waals surface area contributed by atoms with Crippen molar-refractivity contribution in [3.63, 3.8) is 0 Å². The topological polar surface area (TPSA) is 75.7 Å². The van der Waals surface area contributed by atoms with Gasteiger partial charge in [-0.3, -0.25) is 14.9 Å². The largest absolute Gasteiger partial charge is 0.444 e. The summed E-state index contributed by atoms with van der Waals surface area (Å²) in [7, 11) is 0. The number of carbonyl (C=O) groups is 3. The van der Waals surface area contributed by atoms with E-state index in [-0.39, 0.29) is 24.7 Å². The van der Waals surface area contributed by atoms with Crippen molar-refractivity contribution in [2.75, 3.05) is 11.9 Å². The molecule has 2 amide bonds. The highest BCUT2D eigenvalue weighted by Gasteiger charge is 2.27. The minimum atomic E-state index is -0.570. The third-order valence-corrected chi connectivity index (χ3v) is 3.42. The number of nitrogens with one attached hydrogen (secondary N) is 1. The van der Waals surface area contributed by atoms with Gasteiger partial charge < -0.3 is 9.64 Å². The van der Waals surface area contributed by atoms with Gasteiger partial charge in [-0.2, -0.15) is 0 Å². The second-order valence-electron chi connectivity index (χ2n) is 6.73. The lowest BCUT2D eigenvalue weighted by molar-refractivity contribution is -0.128. The smallest absolute Gasteiger partial charge is 0.412 e. The molecule has 1 fully saturated rings. The molecule has 0 saturated carbocycles. The standard InChI is InChI=1S/C17H22N2O4/c1-11-5-6-13(18-16(22)23-17(2,3)4)7-12(11)9-19-10-14(20)8-15(19)21/h5-7H,8-10H2,1-4H3,(H,18,22). The maximum Gasteiger partial charge on any atom is 0.412 e. The van der Waals surface area contributed by atoms with Crippen LogP contribution in [0.1, 0.15) is 38.3 Å². The van der Waals surface area contributed by atoms with Gasteiger partial charge in [0.25, 0.3) is 0 Å². The number of ketones is 1. The Bertz CT molecular complexity index is 646. The zero-order chi connectivity index (χ0) is 17.2. The number of Topliss-reactive ketones (excluding diaryl/α,β-unsaturated/α-hetero) is 1. The molecule has 1 heterocycles. The molecule has 0 unspecified atom stereocenters. The quantitative estimate of drug-likeness (QED) is 0.869. The fourth-order valence-corrected chi connectivity index (χ4v) is 2.33. The van der Waals surface area contributed by atoms with Crippen LogP contribution in [0, 0.1) is 6.92 Å². The monoisotopic (exact) mass is 318 g/mol. The number of ether oxygens (including phenoxy) is 1. The minimum Gasteiger partial charge on any atom is -0.444 e. The average Bonchev–Trinajstić information content (AvgIpc) is 2.69. The molecular weight excluding hydrogens is 296 g/mol. The number of hydrogen-bond acceptors (Lipinski definition) is 4. The van der Waals surface area contributed by atoms with Crippen LogP contribution in [0.2, 0.25) is 0 Å². The molecule has 1 aromatic rings. The highest BCUT2D eigenvalue weighted by atomic mass is 16.6. The first-order valence-electron chi connectivity index (χ1n) is 7.53. The fourth-order valence-electron chi connectivity index (χ4n) is 2.33. The molecule has 1 aliphatic heterocycles. The van der Waals surface area contributed by atoms with Gasteiger partial charge in [-0.1, -0.05) is 6.07 Å². The summed E-state index contributed by atoms with van der Waals surface area (Å²) in [6.45, 7) is 7.83. The SMILES string of the molecule is Cc1ccc(NC(=O)OC(C)(C)C)cc1CN1CC(=O)CC1=O. The van der Waals surface area contributed by atoms with Crippen molar-refractivity contribution < 1.29 is 19.1 Å². The average molecular weight is 318 g/mol. The molecule has 0 aromatic heterocycles. The number of nitrogens with zero attached hydrogens (tertiary/aromatic N) is 1. The highest BCUT2D eigenvalue weighted by Crippen LogP contribution is 2.20. The van der Waals surface area contributed by atoms with Gasteiger partial charge in [-0.05, 0) is 51.0 Å². The van der Waals surface area contributed by atoms with E-state index in [9.17, 15) is 14.4 Å². The number of benzene rings is 1. The van der Waals surface area contributed by atoms with E-state index < -0.39 is 11.7 Å². The second-order valence-corrected chi connectivity index (χ2v) is 6.73. The van der Waals surface area contributed by atoms with Crippen molar-refractivity contribution in [1.82, 2.24) is 4.90 Å². The Kier molecular flexibility index (Phi) is 4.73. The lowest BCUT2D eigenvalue weighted by atomic mass is 10.1. The van der Waals surface area contributed by atoms with Crippen LogP contribution in [0.25, 0.3) is 0 Å². The summed E-state index contributed by atoms with van der Waals surface area (Å²) in [6.07, 6.45) is -0.547. The van der Waals surface area contributed by atoms with Crippen molar-refractivity contribution >= 4 is 23.5 Å². The number of anilines is 1. The molecule has 1 N–H and O–H groups in total. The van der Waals surface area contributed by atoms with Gasteiger partial charge in [-0.25, -0.2) is 4.79 Å². The maximum absolute atomic E-state index is 11.8. The summed E-state index contributed by atoms with van der Waals surface area (Å²) in [5, 5.41) is 2.68. The predicted octanol–water partition coefficient (Wildman–Crippen LogP) is 2.64. The van der Waals surface area contributed by atoms with E-state index in [1.807, 2.05) is 13.0 Å². The number of rotatable bonds is 3. The molecule has 23 heavy (non-hydrogen) atoms. The molecule has 0 radical (unpaired) electrons. The summed E-state index contributed by atoms with van der Waals surface area (Å²) in [5.41, 5.74) is 1.91. The third kappa shape index (κ3) is 4.81. The van der Waals surface area contributed by atoms with Gasteiger partial charge in [0.05, 0.1) is 13.0 Å². The van der Waals surface area contributed by atoms with E-state index in [2.05, 4.69) is 5.32 Å². The lowest BCUT2D eigenvalue weighted by Crippen LogP contribution is -2.27. The van der Waals surface area contributed by atoms with E-state index in [1.54, 1.807) is 32.9 Å². The number of amides is 2. The number of hydrogen-bond donors (Lipinski definition) is 1. The molecule has 0 atom stereocenters. The Hall–Kier alpha value is -2.37. The van der Waals surface area contributed by atoms with Crippen molar-refractivity contribution in [2.24, 2.45) is 0 Å². The van der Waals surface area contributed by atoms with Crippen LogP contribution in [0.4, 0.5) is 10.5 Å². The van der Waals surface area contributed by atoms with Crippen LogP contribution >= 0.6 is 0 Å². The van der Waals surface area contributed by atoms with Gasteiger partial charge in [0.2, 0.25) is 5.91 Å². The molecule has 0 aliphatic carbocycles. The molecule has 0 bridgehead atoms. The van der Waals surface area contributed by atoms with Crippen LogP contribution in [-0.4, -0.2) is 34.8 Å². The van der Waals surface area contributed by atoms with Crippen molar-refractivity contribution in [3.8, 4) is 0 Å². The molecule has 6 heteroatoms. The van der Waals surface area contributed by atoms with E-state index in [4.69, 9.17) is 4.74 Å². The Morgan fingerprint density at radius 2 is 2.00 bits per heavy atom. The summed E-state index contributed by atoms with van der Waals surface area (Å²) < 4.78 is 5.22. The van der Waals surface area contributed by atoms with E-state index >= 15 is 0 Å². The number of likely N-dealkylation sites (tertiary alicyclic amines) is 1.